The lowest BCUT2D eigenvalue weighted by molar-refractivity contribution is 0.101. The highest BCUT2D eigenvalue weighted by molar-refractivity contribution is 6.09. The second-order valence-electron chi connectivity index (χ2n) is 8.10. The third kappa shape index (κ3) is 4.30. The van der Waals surface area contributed by atoms with Crippen LogP contribution >= 0.6 is 0 Å². The van der Waals surface area contributed by atoms with Crippen LogP contribution in [0.2, 0.25) is 0 Å². The predicted octanol–water partition coefficient (Wildman–Crippen LogP) is 6.07. The molecular weight excluding hydrogens is 408 g/mol. The summed E-state index contributed by atoms with van der Waals surface area (Å²) in [7, 11) is 0. The van der Waals surface area contributed by atoms with Crippen LogP contribution in [0.5, 0.6) is 0 Å². The number of nitrogens with zero attached hydrogens (tertiary/aromatic N) is 2. The Hall–Kier alpha value is -3.40. The van der Waals surface area contributed by atoms with Gasteiger partial charge >= 0.3 is 0 Å². The summed E-state index contributed by atoms with van der Waals surface area (Å²) >= 11 is 0. The van der Waals surface area contributed by atoms with Crippen molar-refractivity contribution in [3.63, 3.8) is 0 Å². The molecule has 5 rings (SSSR count). The summed E-state index contributed by atoms with van der Waals surface area (Å²) < 4.78 is 8.78. The standard InChI is InChI=1S/C27H27N2O2.C2H6/c1-4-28(5-2)19-10-12-23-25(16-19)31-26-17-20(29-14-15-29)11-13-24(26)27(23)22-9-7-6-8-21(22)18(3)30;1-2/h6-13,16-17H,4-5,14-15H2,1-3H3;1-2H3/q+1;. The summed E-state index contributed by atoms with van der Waals surface area (Å²) in [5.41, 5.74) is 5.77. The van der Waals surface area contributed by atoms with Gasteiger partial charge in [-0.15, -0.1) is 0 Å². The molecule has 4 nitrogen and oxygen atoms in total. The molecule has 0 saturated carbocycles. The van der Waals surface area contributed by atoms with Crippen molar-refractivity contribution < 1.29 is 9.21 Å². The monoisotopic (exact) mass is 441 g/mol. The van der Waals surface area contributed by atoms with Gasteiger partial charge in [0.2, 0.25) is 18.4 Å². The summed E-state index contributed by atoms with van der Waals surface area (Å²) in [6.07, 6.45) is 0. The fraction of sp³-hybridized carbons (Fsp3) is 0.310. The largest absolute Gasteiger partial charge is 0.456 e. The maximum Gasteiger partial charge on any atom is 0.204 e. The van der Waals surface area contributed by atoms with Gasteiger partial charge in [0.25, 0.3) is 0 Å². The molecule has 2 aromatic carbocycles. The quantitative estimate of drug-likeness (QED) is 0.163. The molecule has 0 radical (unpaired) electrons. The van der Waals surface area contributed by atoms with Crippen molar-refractivity contribution in [2.45, 2.75) is 34.6 Å². The molecule has 4 heteroatoms. The predicted molar refractivity (Wildman–Crippen MR) is 138 cm³/mol. The van der Waals surface area contributed by atoms with Crippen LogP contribution in [0.15, 0.2) is 65.1 Å². The molecule has 0 N–H and O–H groups in total. The van der Waals surface area contributed by atoms with E-state index in [1.807, 2.05) is 38.1 Å². The van der Waals surface area contributed by atoms with Crippen molar-refractivity contribution in [3.05, 3.63) is 71.6 Å². The van der Waals surface area contributed by atoms with E-state index in [1.54, 1.807) is 6.92 Å². The topological polar surface area (TPSA) is 36.5 Å². The van der Waals surface area contributed by atoms with Gasteiger partial charge in [-0.3, -0.25) is 4.79 Å². The molecule has 1 fully saturated rings. The van der Waals surface area contributed by atoms with Gasteiger partial charge < -0.3 is 9.32 Å². The molecule has 33 heavy (non-hydrogen) atoms. The van der Waals surface area contributed by atoms with Crippen LogP contribution in [0.25, 0.3) is 33.4 Å². The fourth-order valence-electron chi connectivity index (χ4n) is 4.46. The third-order valence-electron chi connectivity index (χ3n) is 6.21. The van der Waals surface area contributed by atoms with Gasteiger partial charge in [0.05, 0.1) is 6.07 Å². The van der Waals surface area contributed by atoms with Gasteiger partial charge in [-0.1, -0.05) is 38.1 Å². The minimum absolute atomic E-state index is 0.0677. The lowest BCUT2D eigenvalue weighted by atomic mass is 9.89. The van der Waals surface area contributed by atoms with Crippen LogP contribution in [0.1, 0.15) is 45.0 Å². The number of carbonyl (C=O) groups excluding carboxylic acids is 1. The summed E-state index contributed by atoms with van der Waals surface area (Å²) in [5, 5.41) is 2.21. The van der Waals surface area contributed by atoms with Gasteiger partial charge in [-0.2, -0.15) is 0 Å². The highest BCUT2D eigenvalue weighted by Gasteiger charge is 2.25. The van der Waals surface area contributed by atoms with E-state index in [1.165, 1.54) is 5.36 Å². The SMILES string of the molecule is CC.CCN(CC)c1ccc2c(-c3ccccc3C(C)=O)c3ccc(=[N+]4CC4)cc-3oc2c1. The van der Waals surface area contributed by atoms with Crippen LogP contribution in [0.3, 0.4) is 0 Å². The maximum atomic E-state index is 12.4. The molecule has 0 aromatic heterocycles. The smallest absolute Gasteiger partial charge is 0.204 e. The Morgan fingerprint density at radius 1 is 0.939 bits per heavy atom. The minimum atomic E-state index is 0.0677. The third-order valence-corrected chi connectivity index (χ3v) is 6.21. The highest BCUT2D eigenvalue weighted by Crippen LogP contribution is 2.42. The number of benzene rings is 3. The summed E-state index contributed by atoms with van der Waals surface area (Å²) in [5.74, 6) is 0.917. The molecule has 2 aromatic rings. The zero-order chi connectivity index (χ0) is 23.5. The van der Waals surface area contributed by atoms with E-state index in [0.29, 0.717) is 0 Å². The molecule has 0 bridgehead atoms. The van der Waals surface area contributed by atoms with Crippen LogP contribution in [0, 0.1) is 0 Å². The van der Waals surface area contributed by atoms with Crippen molar-refractivity contribution in [2.75, 3.05) is 31.1 Å². The molecule has 170 valence electrons. The minimum Gasteiger partial charge on any atom is -0.456 e. The Kier molecular flexibility index (Phi) is 6.64. The number of carbonyl (C=O) groups is 1. The average Bonchev–Trinajstić information content (AvgIpc) is 3.70. The number of hydrogen-bond acceptors (Lipinski definition) is 3. The first-order chi connectivity index (χ1) is 16.1. The molecule has 1 aliphatic carbocycles. The second kappa shape index (κ2) is 9.62. The van der Waals surface area contributed by atoms with Crippen LogP contribution < -0.4 is 14.8 Å². The fourth-order valence-corrected chi connectivity index (χ4v) is 4.46. The Morgan fingerprint density at radius 3 is 2.33 bits per heavy atom. The van der Waals surface area contributed by atoms with Gasteiger partial charge in [0.1, 0.15) is 11.3 Å². The van der Waals surface area contributed by atoms with Crippen LogP contribution in [-0.4, -0.2) is 32.0 Å². The summed E-state index contributed by atoms with van der Waals surface area (Å²) in [4.78, 5) is 14.8. The van der Waals surface area contributed by atoms with E-state index < -0.39 is 0 Å². The van der Waals surface area contributed by atoms with Crippen molar-refractivity contribution in [2.24, 2.45) is 0 Å². The van der Waals surface area contributed by atoms with Gasteiger partial charge in [-0.05, 0) is 44.5 Å². The molecular formula is C29H33N2O2+. The number of rotatable bonds is 5. The van der Waals surface area contributed by atoms with E-state index in [4.69, 9.17) is 4.42 Å². The first-order valence-corrected chi connectivity index (χ1v) is 12.0. The highest BCUT2D eigenvalue weighted by atomic mass is 16.3. The zero-order valence-corrected chi connectivity index (χ0v) is 20.3. The van der Waals surface area contributed by atoms with Gasteiger partial charge in [0, 0.05) is 53.0 Å². The Morgan fingerprint density at radius 2 is 1.67 bits per heavy atom. The van der Waals surface area contributed by atoms with Crippen molar-refractivity contribution in [3.8, 4) is 22.5 Å². The van der Waals surface area contributed by atoms with Crippen LogP contribution in [-0.2, 0) is 0 Å². The number of Topliss-reactive ketones (excluding diaryl/α,β-unsaturated/α-hetero) is 1. The molecule has 0 atom stereocenters. The maximum absolute atomic E-state index is 12.4. The van der Waals surface area contributed by atoms with E-state index in [0.717, 1.165) is 70.8 Å². The normalized spacial score (nSPS) is 12.5. The molecule has 2 aliphatic heterocycles. The van der Waals surface area contributed by atoms with Crippen molar-refractivity contribution in [1.29, 1.82) is 0 Å². The molecule has 1 saturated heterocycles. The van der Waals surface area contributed by atoms with Crippen LogP contribution in [0.4, 0.5) is 5.69 Å². The van der Waals surface area contributed by atoms with E-state index in [2.05, 4.69) is 59.7 Å². The van der Waals surface area contributed by atoms with E-state index in [-0.39, 0.29) is 5.78 Å². The van der Waals surface area contributed by atoms with Crippen molar-refractivity contribution >= 4 is 22.4 Å². The zero-order valence-electron chi connectivity index (χ0n) is 20.3. The second-order valence-corrected chi connectivity index (χ2v) is 8.10. The van der Waals surface area contributed by atoms with Crippen molar-refractivity contribution in [1.82, 2.24) is 4.58 Å². The molecule has 2 heterocycles. The Labute approximate surface area is 196 Å². The number of hydrogen-bond donors (Lipinski definition) is 0. The van der Waals surface area contributed by atoms with E-state index >= 15 is 0 Å². The lowest BCUT2D eigenvalue weighted by Gasteiger charge is -2.22. The summed E-state index contributed by atoms with van der Waals surface area (Å²) in [6, 6.07) is 20.7. The first-order valence-electron chi connectivity index (χ1n) is 12.0. The van der Waals surface area contributed by atoms with Gasteiger partial charge in [-0.25, -0.2) is 4.58 Å². The molecule has 0 spiro atoms. The molecule has 0 unspecified atom stereocenters. The van der Waals surface area contributed by atoms with Gasteiger partial charge in [0.15, 0.2) is 5.78 Å². The average molecular weight is 442 g/mol. The number of fused-ring (bicyclic) bond motifs is 2. The number of ketones is 1. The van der Waals surface area contributed by atoms with E-state index in [9.17, 15) is 4.79 Å². The Bertz CT molecular complexity index is 1340. The first kappa shape index (κ1) is 22.8. The Balaban J connectivity index is 0.00000126. The molecule has 0 amide bonds. The number of anilines is 1. The molecule has 3 aliphatic rings. The summed E-state index contributed by atoms with van der Waals surface area (Å²) in [6.45, 7) is 14.0. The lowest BCUT2D eigenvalue weighted by Crippen LogP contribution is -2.21.